The second kappa shape index (κ2) is 5.05. The molecule has 0 radical (unpaired) electrons. The predicted octanol–water partition coefficient (Wildman–Crippen LogP) is 1.35. The molecule has 94 valence electrons. The first-order chi connectivity index (χ1) is 8.61. The summed E-state index contributed by atoms with van der Waals surface area (Å²) in [6, 6.07) is 3.96. The summed E-state index contributed by atoms with van der Waals surface area (Å²) in [5, 5.41) is 17.9. The molecule has 5 heteroatoms. The summed E-state index contributed by atoms with van der Waals surface area (Å²) in [4.78, 5) is 16.7. The summed E-state index contributed by atoms with van der Waals surface area (Å²) < 4.78 is 0. The summed E-state index contributed by atoms with van der Waals surface area (Å²) in [5.41, 5.74) is 2.59. The smallest absolute Gasteiger partial charge is 0.323 e. The molecule has 18 heavy (non-hydrogen) atoms. The standard InChI is InChI=1S/C13H15N3O2/c1-16(8-12(17)18)13-10(7-14)6-9-4-2-3-5-11(9)15-13/h6H,2-5,8H2,1H3,(H,17,18). The number of hydrogen-bond acceptors (Lipinski definition) is 4. The third-order valence-corrected chi connectivity index (χ3v) is 3.14. The quantitative estimate of drug-likeness (QED) is 0.869. The van der Waals surface area contributed by atoms with Crippen LogP contribution >= 0.6 is 0 Å². The molecule has 5 nitrogen and oxygen atoms in total. The molecular weight excluding hydrogens is 230 g/mol. The van der Waals surface area contributed by atoms with Crippen molar-refractivity contribution in [2.75, 3.05) is 18.5 Å². The Morgan fingerprint density at radius 2 is 2.28 bits per heavy atom. The highest BCUT2D eigenvalue weighted by atomic mass is 16.4. The topological polar surface area (TPSA) is 77.2 Å². The van der Waals surface area contributed by atoms with Crippen LogP contribution in [-0.4, -0.2) is 29.7 Å². The van der Waals surface area contributed by atoms with Gasteiger partial charge in [-0.15, -0.1) is 0 Å². The number of nitrogens with zero attached hydrogens (tertiary/aromatic N) is 3. The van der Waals surface area contributed by atoms with E-state index in [2.05, 4.69) is 11.1 Å². The van der Waals surface area contributed by atoms with Gasteiger partial charge >= 0.3 is 5.97 Å². The van der Waals surface area contributed by atoms with E-state index in [-0.39, 0.29) is 6.54 Å². The number of pyridine rings is 1. The lowest BCUT2D eigenvalue weighted by molar-refractivity contribution is -0.135. The van der Waals surface area contributed by atoms with Gasteiger partial charge in [-0.2, -0.15) is 5.26 Å². The zero-order chi connectivity index (χ0) is 13.1. The van der Waals surface area contributed by atoms with Crippen LogP contribution in [0.15, 0.2) is 6.07 Å². The highest BCUT2D eigenvalue weighted by molar-refractivity contribution is 5.74. The first-order valence-corrected chi connectivity index (χ1v) is 5.97. The maximum atomic E-state index is 10.7. The van der Waals surface area contributed by atoms with Crippen LogP contribution in [0.5, 0.6) is 0 Å². The molecule has 0 saturated heterocycles. The first kappa shape index (κ1) is 12.4. The molecule has 1 aliphatic rings. The molecule has 0 spiro atoms. The lowest BCUT2D eigenvalue weighted by Crippen LogP contribution is -2.27. The fourth-order valence-electron chi connectivity index (χ4n) is 2.27. The van der Waals surface area contributed by atoms with Crippen molar-refractivity contribution >= 4 is 11.8 Å². The van der Waals surface area contributed by atoms with Gasteiger partial charge in [-0.1, -0.05) is 0 Å². The van der Waals surface area contributed by atoms with Gasteiger partial charge in [0.05, 0.1) is 5.56 Å². The Kier molecular flexibility index (Phi) is 3.47. The molecule has 0 unspecified atom stereocenters. The SMILES string of the molecule is CN(CC(=O)O)c1nc2c(cc1C#N)CCCC2. The van der Waals surface area contributed by atoms with Gasteiger partial charge in [0.25, 0.3) is 0 Å². The molecule has 0 atom stereocenters. The molecule has 1 N–H and O–H groups in total. The molecule has 0 aromatic carbocycles. The van der Waals surface area contributed by atoms with Crippen LogP contribution in [0.4, 0.5) is 5.82 Å². The lowest BCUT2D eigenvalue weighted by atomic mass is 9.95. The number of aliphatic carboxylic acids is 1. The van der Waals surface area contributed by atoms with E-state index >= 15 is 0 Å². The van der Waals surface area contributed by atoms with Crippen molar-refractivity contribution < 1.29 is 9.90 Å². The average Bonchev–Trinajstić information content (AvgIpc) is 2.36. The second-order valence-electron chi connectivity index (χ2n) is 4.53. The summed E-state index contributed by atoms with van der Waals surface area (Å²) in [7, 11) is 1.65. The molecule has 0 saturated carbocycles. The van der Waals surface area contributed by atoms with E-state index in [0.29, 0.717) is 11.4 Å². The van der Waals surface area contributed by atoms with E-state index in [9.17, 15) is 4.79 Å². The molecule has 0 aliphatic heterocycles. The Morgan fingerprint density at radius 1 is 1.56 bits per heavy atom. The van der Waals surface area contributed by atoms with Crippen LogP contribution < -0.4 is 4.90 Å². The van der Waals surface area contributed by atoms with Crippen molar-refractivity contribution in [3.63, 3.8) is 0 Å². The van der Waals surface area contributed by atoms with Gasteiger partial charge in [-0.3, -0.25) is 4.79 Å². The van der Waals surface area contributed by atoms with Gasteiger partial charge in [0.2, 0.25) is 0 Å². The van der Waals surface area contributed by atoms with Gasteiger partial charge in [-0.25, -0.2) is 4.98 Å². The van der Waals surface area contributed by atoms with E-state index in [1.54, 1.807) is 7.05 Å². The molecule has 1 aliphatic carbocycles. The van der Waals surface area contributed by atoms with Gasteiger partial charge in [0.1, 0.15) is 18.4 Å². The Balaban J connectivity index is 2.40. The minimum Gasteiger partial charge on any atom is -0.480 e. The van der Waals surface area contributed by atoms with Crippen LogP contribution in [-0.2, 0) is 17.6 Å². The second-order valence-corrected chi connectivity index (χ2v) is 4.53. The summed E-state index contributed by atoms with van der Waals surface area (Å²) >= 11 is 0. The van der Waals surface area contributed by atoms with Gasteiger partial charge < -0.3 is 10.0 Å². The normalized spacial score (nSPS) is 13.6. The zero-order valence-corrected chi connectivity index (χ0v) is 10.3. The average molecular weight is 245 g/mol. The number of carboxylic acids is 1. The van der Waals surface area contributed by atoms with Crippen LogP contribution in [0.3, 0.4) is 0 Å². The lowest BCUT2D eigenvalue weighted by Gasteiger charge is -2.21. The van der Waals surface area contributed by atoms with Crippen LogP contribution in [0.25, 0.3) is 0 Å². The van der Waals surface area contributed by atoms with Crippen molar-refractivity contribution in [1.29, 1.82) is 5.26 Å². The fourth-order valence-corrected chi connectivity index (χ4v) is 2.27. The Labute approximate surface area is 106 Å². The van der Waals surface area contributed by atoms with Crippen LogP contribution in [0.1, 0.15) is 29.7 Å². The number of fused-ring (bicyclic) bond motifs is 1. The predicted molar refractivity (Wildman–Crippen MR) is 66.5 cm³/mol. The highest BCUT2D eigenvalue weighted by Crippen LogP contribution is 2.25. The van der Waals surface area contributed by atoms with E-state index in [0.717, 1.165) is 36.9 Å². The molecule has 0 amide bonds. The maximum Gasteiger partial charge on any atom is 0.323 e. The van der Waals surface area contributed by atoms with Gasteiger partial charge in [-0.05, 0) is 37.3 Å². The number of aromatic nitrogens is 1. The van der Waals surface area contributed by atoms with E-state index < -0.39 is 5.97 Å². The van der Waals surface area contributed by atoms with Crippen molar-refractivity contribution in [2.24, 2.45) is 0 Å². The molecule has 1 aromatic rings. The summed E-state index contributed by atoms with van der Waals surface area (Å²) in [5.74, 6) is -0.457. The van der Waals surface area contributed by atoms with Crippen molar-refractivity contribution in [3.8, 4) is 6.07 Å². The number of aryl methyl sites for hydroxylation is 2. The fraction of sp³-hybridized carbons (Fsp3) is 0.462. The molecule has 1 heterocycles. The molecule has 1 aromatic heterocycles. The number of carbonyl (C=O) groups is 1. The molecule has 0 fully saturated rings. The van der Waals surface area contributed by atoms with E-state index in [1.165, 1.54) is 4.90 Å². The molecular formula is C13H15N3O2. The number of likely N-dealkylation sites (N-methyl/N-ethyl adjacent to an activating group) is 1. The van der Waals surface area contributed by atoms with E-state index in [1.807, 2.05) is 6.07 Å². The van der Waals surface area contributed by atoms with E-state index in [4.69, 9.17) is 10.4 Å². The summed E-state index contributed by atoms with van der Waals surface area (Å²) in [6.07, 6.45) is 4.10. The monoisotopic (exact) mass is 245 g/mol. The largest absolute Gasteiger partial charge is 0.480 e. The number of anilines is 1. The number of rotatable bonds is 3. The maximum absolute atomic E-state index is 10.7. The first-order valence-electron chi connectivity index (χ1n) is 5.97. The third-order valence-electron chi connectivity index (χ3n) is 3.14. The van der Waals surface area contributed by atoms with Crippen LogP contribution in [0.2, 0.25) is 0 Å². The zero-order valence-electron chi connectivity index (χ0n) is 10.3. The van der Waals surface area contributed by atoms with Crippen molar-refractivity contribution in [3.05, 3.63) is 22.9 Å². The third kappa shape index (κ3) is 2.43. The van der Waals surface area contributed by atoms with Gasteiger partial charge in [0, 0.05) is 12.7 Å². The van der Waals surface area contributed by atoms with Crippen molar-refractivity contribution in [2.45, 2.75) is 25.7 Å². The van der Waals surface area contributed by atoms with Crippen LogP contribution in [0, 0.1) is 11.3 Å². The number of hydrogen-bond donors (Lipinski definition) is 1. The Bertz CT molecular complexity index is 520. The van der Waals surface area contributed by atoms with Crippen molar-refractivity contribution in [1.82, 2.24) is 4.98 Å². The highest BCUT2D eigenvalue weighted by Gasteiger charge is 2.18. The Hall–Kier alpha value is -2.09. The number of nitriles is 1. The molecule has 2 rings (SSSR count). The Morgan fingerprint density at radius 3 is 2.94 bits per heavy atom. The minimum atomic E-state index is -0.930. The summed E-state index contributed by atoms with van der Waals surface area (Å²) in [6.45, 7) is -0.152. The molecule has 0 bridgehead atoms. The number of carboxylic acid groups (broad SMARTS) is 1. The minimum absolute atomic E-state index is 0.152. The van der Waals surface area contributed by atoms with Gasteiger partial charge in [0.15, 0.2) is 0 Å².